The number of carbonyl (C=O) groups excluding carboxylic acids is 1. The Morgan fingerprint density at radius 2 is 1.84 bits per heavy atom. The molecular formula is C19H30N4O2. The van der Waals surface area contributed by atoms with E-state index in [2.05, 4.69) is 48.3 Å². The first-order chi connectivity index (χ1) is 12.0. The standard InChI is InChI=1S/C19H30N4O2/c1-14-12-23(13-15(2)25-14)18-6-4-3-5-16(18)11-21-17-7-9-22(10-8-17)19(20)24/h3-6,14-15,17,21H,7-13H2,1-2H3,(H2,20,24)/t14-,15-/m1/s1. The molecule has 2 amide bonds. The lowest BCUT2D eigenvalue weighted by molar-refractivity contribution is -0.00527. The molecule has 0 aliphatic carbocycles. The van der Waals surface area contributed by atoms with Crippen LogP contribution in [0.3, 0.4) is 0 Å². The van der Waals surface area contributed by atoms with Crippen molar-refractivity contribution < 1.29 is 9.53 Å². The number of rotatable bonds is 4. The SMILES string of the molecule is C[C@@H]1CN(c2ccccc2CNC2CCN(C(N)=O)CC2)C[C@@H](C)O1. The molecule has 3 rings (SSSR count). The molecule has 3 N–H and O–H groups in total. The molecule has 0 spiro atoms. The van der Waals surface area contributed by atoms with Gasteiger partial charge in [-0.3, -0.25) is 0 Å². The summed E-state index contributed by atoms with van der Waals surface area (Å²) in [4.78, 5) is 15.4. The number of carbonyl (C=O) groups is 1. The van der Waals surface area contributed by atoms with Crippen molar-refractivity contribution in [2.24, 2.45) is 5.73 Å². The van der Waals surface area contributed by atoms with Crippen molar-refractivity contribution in [2.75, 3.05) is 31.1 Å². The van der Waals surface area contributed by atoms with E-state index in [1.807, 2.05) is 0 Å². The van der Waals surface area contributed by atoms with Gasteiger partial charge in [0.15, 0.2) is 0 Å². The van der Waals surface area contributed by atoms with Crippen LogP contribution in [-0.2, 0) is 11.3 Å². The number of anilines is 1. The number of hydrogen-bond donors (Lipinski definition) is 2. The molecule has 1 aromatic rings. The zero-order valence-electron chi connectivity index (χ0n) is 15.3. The van der Waals surface area contributed by atoms with Gasteiger partial charge in [0.05, 0.1) is 12.2 Å². The lowest BCUT2D eigenvalue weighted by Gasteiger charge is -2.38. The first-order valence-corrected chi connectivity index (χ1v) is 9.29. The van der Waals surface area contributed by atoms with Crippen LogP contribution >= 0.6 is 0 Å². The second-order valence-corrected chi connectivity index (χ2v) is 7.27. The molecule has 0 aromatic heterocycles. The number of primary amides is 1. The van der Waals surface area contributed by atoms with Gasteiger partial charge in [-0.05, 0) is 38.3 Å². The Balaban J connectivity index is 1.59. The summed E-state index contributed by atoms with van der Waals surface area (Å²) in [5.41, 5.74) is 7.97. The fourth-order valence-electron chi connectivity index (χ4n) is 3.90. The largest absolute Gasteiger partial charge is 0.372 e. The van der Waals surface area contributed by atoms with E-state index >= 15 is 0 Å². The van der Waals surface area contributed by atoms with Crippen LogP contribution in [0, 0.1) is 0 Å². The van der Waals surface area contributed by atoms with Crippen LogP contribution in [0.1, 0.15) is 32.3 Å². The number of ether oxygens (including phenoxy) is 1. The number of piperidine rings is 1. The maximum Gasteiger partial charge on any atom is 0.314 e. The van der Waals surface area contributed by atoms with Crippen LogP contribution in [0.4, 0.5) is 10.5 Å². The summed E-state index contributed by atoms with van der Waals surface area (Å²) in [6, 6.07) is 8.74. The van der Waals surface area contributed by atoms with E-state index < -0.39 is 0 Å². The van der Waals surface area contributed by atoms with Crippen molar-refractivity contribution in [3.63, 3.8) is 0 Å². The predicted octanol–water partition coefficient (Wildman–Crippen LogP) is 1.93. The third kappa shape index (κ3) is 4.64. The van der Waals surface area contributed by atoms with Crippen molar-refractivity contribution in [1.82, 2.24) is 10.2 Å². The molecule has 0 bridgehead atoms. The molecule has 0 radical (unpaired) electrons. The molecule has 2 aliphatic rings. The lowest BCUT2D eigenvalue weighted by atomic mass is 10.0. The first kappa shape index (κ1) is 18.0. The third-order valence-electron chi connectivity index (χ3n) is 5.14. The van der Waals surface area contributed by atoms with Gasteiger partial charge >= 0.3 is 6.03 Å². The molecule has 25 heavy (non-hydrogen) atoms. The summed E-state index contributed by atoms with van der Waals surface area (Å²) in [6.45, 7) is 8.46. The number of benzene rings is 1. The van der Waals surface area contributed by atoms with Crippen LogP contribution in [0.2, 0.25) is 0 Å². The third-order valence-corrected chi connectivity index (χ3v) is 5.14. The average molecular weight is 346 g/mol. The van der Waals surface area contributed by atoms with Crippen LogP contribution in [0.15, 0.2) is 24.3 Å². The average Bonchev–Trinajstić information content (AvgIpc) is 2.59. The number of amides is 2. The molecular weight excluding hydrogens is 316 g/mol. The molecule has 0 unspecified atom stereocenters. The Kier molecular flexibility index (Phi) is 5.81. The normalized spacial score (nSPS) is 25.2. The van der Waals surface area contributed by atoms with Gasteiger partial charge in [-0.1, -0.05) is 18.2 Å². The van der Waals surface area contributed by atoms with Crippen LogP contribution < -0.4 is 16.0 Å². The summed E-state index contributed by atoms with van der Waals surface area (Å²) in [7, 11) is 0. The van der Waals surface area contributed by atoms with E-state index in [1.165, 1.54) is 11.3 Å². The zero-order valence-corrected chi connectivity index (χ0v) is 15.3. The highest BCUT2D eigenvalue weighted by Crippen LogP contribution is 2.25. The van der Waals surface area contributed by atoms with E-state index in [4.69, 9.17) is 10.5 Å². The molecule has 6 nitrogen and oxygen atoms in total. The molecule has 2 heterocycles. The Bertz CT molecular complexity index is 577. The Hall–Kier alpha value is -1.79. The van der Waals surface area contributed by atoms with Crippen molar-refractivity contribution >= 4 is 11.7 Å². The molecule has 2 aliphatic heterocycles. The number of para-hydroxylation sites is 1. The van der Waals surface area contributed by atoms with Crippen molar-refractivity contribution in [3.8, 4) is 0 Å². The van der Waals surface area contributed by atoms with E-state index in [0.717, 1.165) is 45.6 Å². The van der Waals surface area contributed by atoms with E-state index in [0.29, 0.717) is 6.04 Å². The second-order valence-electron chi connectivity index (χ2n) is 7.27. The van der Waals surface area contributed by atoms with Gasteiger partial charge in [0.25, 0.3) is 0 Å². The molecule has 1 aromatic carbocycles. The lowest BCUT2D eigenvalue weighted by Crippen LogP contribution is -2.47. The summed E-state index contributed by atoms with van der Waals surface area (Å²) in [5.74, 6) is 0. The fraction of sp³-hybridized carbons (Fsp3) is 0.632. The second kappa shape index (κ2) is 8.06. The predicted molar refractivity (Wildman–Crippen MR) is 99.7 cm³/mol. The van der Waals surface area contributed by atoms with Crippen LogP contribution in [0.5, 0.6) is 0 Å². The quantitative estimate of drug-likeness (QED) is 0.874. The summed E-state index contributed by atoms with van der Waals surface area (Å²) < 4.78 is 5.86. The monoisotopic (exact) mass is 346 g/mol. The van der Waals surface area contributed by atoms with Crippen molar-refractivity contribution in [3.05, 3.63) is 29.8 Å². The van der Waals surface area contributed by atoms with Gasteiger partial charge in [0, 0.05) is 44.5 Å². The van der Waals surface area contributed by atoms with Gasteiger partial charge in [-0.25, -0.2) is 4.79 Å². The molecule has 0 saturated carbocycles. The minimum atomic E-state index is -0.306. The van der Waals surface area contributed by atoms with Gasteiger partial charge in [0.1, 0.15) is 0 Å². The minimum absolute atomic E-state index is 0.253. The molecule has 138 valence electrons. The Morgan fingerprint density at radius 3 is 2.48 bits per heavy atom. The topological polar surface area (TPSA) is 70.8 Å². The van der Waals surface area contributed by atoms with E-state index in [9.17, 15) is 4.79 Å². The van der Waals surface area contributed by atoms with Crippen molar-refractivity contribution in [1.29, 1.82) is 0 Å². The number of hydrogen-bond acceptors (Lipinski definition) is 4. The Morgan fingerprint density at radius 1 is 1.20 bits per heavy atom. The Labute approximate surface area is 150 Å². The number of nitrogens with one attached hydrogen (secondary N) is 1. The number of urea groups is 1. The van der Waals surface area contributed by atoms with Crippen LogP contribution in [-0.4, -0.2) is 55.4 Å². The van der Waals surface area contributed by atoms with E-state index in [-0.39, 0.29) is 18.2 Å². The number of nitrogens with two attached hydrogens (primary N) is 1. The smallest absolute Gasteiger partial charge is 0.314 e. The first-order valence-electron chi connectivity index (χ1n) is 9.29. The maximum absolute atomic E-state index is 11.2. The minimum Gasteiger partial charge on any atom is -0.372 e. The van der Waals surface area contributed by atoms with Gasteiger partial charge in [-0.15, -0.1) is 0 Å². The molecule has 2 atom stereocenters. The summed E-state index contributed by atoms with van der Waals surface area (Å²) in [6.07, 6.45) is 2.42. The maximum atomic E-state index is 11.2. The number of likely N-dealkylation sites (tertiary alicyclic amines) is 1. The number of morpholine rings is 1. The highest BCUT2D eigenvalue weighted by molar-refractivity contribution is 5.72. The summed E-state index contributed by atoms with van der Waals surface area (Å²) >= 11 is 0. The van der Waals surface area contributed by atoms with Gasteiger partial charge in [0.2, 0.25) is 0 Å². The molecule has 6 heteroatoms. The molecule has 2 saturated heterocycles. The summed E-state index contributed by atoms with van der Waals surface area (Å²) in [5, 5.41) is 3.66. The van der Waals surface area contributed by atoms with Crippen molar-refractivity contribution in [2.45, 2.75) is 51.5 Å². The van der Waals surface area contributed by atoms with E-state index in [1.54, 1.807) is 4.90 Å². The zero-order chi connectivity index (χ0) is 17.8. The highest BCUT2D eigenvalue weighted by Gasteiger charge is 2.24. The number of nitrogens with zero attached hydrogens (tertiary/aromatic N) is 2. The van der Waals surface area contributed by atoms with Gasteiger partial charge in [-0.2, -0.15) is 0 Å². The molecule has 2 fully saturated rings. The fourth-order valence-corrected chi connectivity index (χ4v) is 3.90. The van der Waals surface area contributed by atoms with Crippen LogP contribution in [0.25, 0.3) is 0 Å². The highest BCUT2D eigenvalue weighted by atomic mass is 16.5. The van der Waals surface area contributed by atoms with Gasteiger partial charge < -0.3 is 25.6 Å².